The van der Waals surface area contributed by atoms with Crippen LogP contribution < -0.4 is 4.74 Å². The van der Waals surface area contributed by atoms with Crippen molar-refractivity contribution < 1.29 is 24.5 Å². The molecule has 1 rings (SSSR count). The first-order valence-corrected chi connectivity index (χ1v) is 8.06. The Labute approximate surface area is 144 Å². The van der Waals surface area contributed by atoms with E-state index in [9.17, 15) is 25.0 Å². The lowest BCUT2D eigenvalue weighted by Gasteiger charge is -2.19. The largest absolute Gasteiger partial charge is 0.511 e. The molecule has 1 N–H and O–H groups in total. The highest BCUT2D eigenvalue weighted by Gasteiger charge is 2.37. The van der Waals surface area contributed by atoms with Crippen molar-refractivity contribution in [1.29, 1.82) is 0 Å². The monoisotopic (exact) mass is 354 g/mol. The molecule has 0 aromatic heterocycles. The first kappa shape index (κ1) is 20.3. The second-order valence-electron chi connectivity index (χ2n) is 5.84. The molecule has 0 fully saturated rings. The first-order chi connectivity index (χ1) is 11.7. The normalized spacial score (nSPS) is 11.8. The van der Waals surface area contributed by atoms with Gasteiger partial charge in [-0.25, -0.2) is 4.79 Å². The van der Waals surface area contributed by atoms with Crippen molar-refractivity contribution in [3.8, 4) is 5.75 Å². The Morgan fingerprint density at radius 2 is 1.76 bits per heavy atom. The van der Waals surface area contributed by atoms with Gasteiger partial charge in [-0.1, -0.05) is 27.2 Å². The van der Waals surface area contributed by atoms with E-state index in [0.29, 0.717) is 19.3 Å². The average molecular weight is 354 g/mol. The van der Waals surface area contributed by atoms with Crippen LogP contribution in [-0.4, -0.2) is 21.1 Å². The minimum absolute atomic E-state index is 0.0855. The van der Waals surface area contributed by atoms with Crippen molar-refractivity contribution in [2.75, 3.05) is 0 Å². The van der Waals surface area contributed by atoms with E-state index in [1.807, 2.05) is 6.92 Å². The highest BCUT2D eigenvalue weighted by molar-refractivity contribution is 5.74. The van der Waals surface area contributed by atoms with Gasteiger partial charge in [0.2, 0.25) is 5.75 Å². The molecule has 1 aromatic carbocycles. The number of benzene rings is 1. The smallest absolute Gasteiger partial charge is 0.449 e. The Morgan fingerprint density at radius 1 is 1.20 bits per heavy atom. The summed E-state index contributed by atoms with van der Waals surface area (Å²) in [4.78, 5) is 32.9. The van der Waals surface area contributed by atoms with E-state index in [0.717, 1.165) is 0 Å². The topological polar surface area (TPSA) is 133 Å². The van der Waals surface area contributed by atoms with Crippen LogP contribution in [0, 0.1) is 27.2 Å². The molecule has 0 saturated heterocycles. The molecule has 1 atom stereocenters. The Bertz CT molecular complexity index is 700. The summed E-state index contributed by atoms with van der Waals surface area (Å²) in [6.07, 6.45) is 0.0915. The summed E-state index contributed by atoms with van der Waals surface area (Å²) in [5.74, 6) is -0.743. The second-order valence-corrected chi connectivity index (χ2v) is 5.84. The Balaban J connectivity index is 3.99. The molecule has 0 amide bonds. The van der Waals surface area contributed by atoms with Crippen molar-refractivity contribution >= 4 is 17.5 Å². The van der Waals surface area contributed by atoms with E-state index in [1.54, 1.807) is 13.8 Å². The van der Waals surface area contributed by atoms with Crippen molar-refractivity contribution in [2.24, 2.45) is 0 Å². The zero-order chi connectivity index (χ0) is 19.3. The zero-order valence-corrected chi connectivity index (χ0v) is 14.7. The lowest BCUT2D eigenvalue weighted by molar-refractivity contribution is -0.396. The number of nitrogens with zero attached hydrogens (tertiary/aromatic N) is 2. The van der Waals surface area contributed by atoms with Crippen LogP contribution in [0.1, 0.15) is 62.6 Å². The van der Waals surface area contributed by atoms with Crippen LogP contribution in [0.4, 0.5) is 16.2 Å². The molecule has 9 heteroatoms. The molecule has 0 saturated carbocycles. The predicted molar refractivity (Wildman–Crippen MR) is 90.5 cm³/mol. The fourth-order valence-electron chi connectivity index (χ4n) is 2.92. The van der Waals surface area contributed by atoms with E-state index >= 15 is 0 Å². The number of ether oxygens (including phenoxy) is 1. The van der Waals surface area contributed by atoms with E-state index in [-0.39, 0.29) is 34.7 Å². The molecule has 25 heavy (non-hydrogen) atoms. The summed E-state index contributed by atoms with van der Waals surface area (Å²) >= 11 is 0. The number of hydrogen-bond acceptors (Lipinski definition) is 6. The van der Waals surface area contributed by atoms with E-state index in [2.05, 4.69) is 0 Å². The van der Waals surface area contributed by atoms with Crippen LogP contribution in [-0.2, 0) is 6.42 Å². The van der Waals surface area contributed by atoms with Gasteiger partial charge in [-0.05, 0) is 32.1 Å². The lowest BCUT2D eigenvalue weighted by Crippen LogP contribution is -2.14. The molecule has 0 spiro atoms. The molecule has 1 unspecified atom stereocenters. The minimum Gasteiger partial charge on any atom is -0.449 e. The first-order valence-electron chi connectivity index (χ1n) is 8.06. The fraction of sp³-hybridized carbons (Fsp3) is 0.562. The van der Waals surface area contributed by atoms with Gasteiger partial charge in [0, 0.05) is 11.1 Å². The maximum Gasteiger partial charge on any atom is 0.511 e. The maximum absolute atomic E-state index is 11.6. The van der Waals surface area contributed by atoms with Gasteiger partial charge in [-0.3, -0.25) is 20.2 Å². The third-order valence-electron chi connectivity index (χ3n) is 4.23. The Kier molecular flexibility index (Phi) is 6.84. The van der Waals surface area contributed by atoms with Crippen molar-refractivity contribution in [2.45, 2.75) is 59.3 Å². The summed E-state index contributed by atoms with van der Waals surface area (Å²) in [6.45, 7) is 6.85. The minimum atomic E-state index is -1.69. The van der Waals surface area contributed by atoms with E-state index in [1.165, 1.54) is 6.92 Å². The number of carbonyl (C=O) groups is 1. The SMILES string of the molecule is CCCCc1c([N+](=O)[O-])c(C)c(C(C)CC)c(OC(=O)O)c1[N+](=O)[O-]. The third-order valence-corrected chi connectivity index (χ3v) is 4.23. The van der Waals surface area contributed by atoms with Crippen molar-refractivity contribution in [3.05, 3.63) is 36.9 Å². The molecule has 0 bridgehead atoms. The molecule has 0 aliphatic rings. The van der Waals surface area contributed by atoms with Crippen molar-refractivity contribution in [1.82, 2.24) is 0 Å². The van der Waals surface area contributed by atoms with Gasteiger partial charge >= 0.3 is 11.8 Å². The van der Waals surface area contributed by atoms with Crippen LogP contribution >= 0.6 is 0 Å². The molecule has 0 radical (unpaired) electrons. The Hall–Kier alpha value is -2.71. The second kappa shape index (κ2) is 8.41. The highest BCUT2D eigenvalue weighted by atomic mass is 16.7. The number of hydrogen-bond donors (Lipinski definition) is 1. The summed E-state index contributed by atoms with van der Waals surface area (Å²) < 4.78 is 4.75. The van der Waals surface area contributed by atoms with Gasteiger partial charge in [0.15, 0.2) is 0 Å². The molecule has 0 aliphatic carbocycles. The lowest BCUT2D eigenvalue weighted by atomic mass is 9.88. The Morgan fingerprint density at radius 3 is 2.16 bits per heavy atom. The fourth-order valence-corrected chi connectivity index (χ4v) is 2.92. The molecule has 9 nitrogen and oxygen atoms in total. The van der Waals surface area contributed by atoms with E-state index < -0.39 is 27.4 Å². The van der Waals surface area contributed by atoms with Crippen molar-refractivity contribution in [3.63, 3.8) is 0 Å². The molecule has 1 aromatic rings. The number of nitro benzene ring substituents is 2. The van der Waals surface area contributed by atoms with Gasteiger partial charge in [0.25, 0.3) is 5.69 Å². The zero-order valence-electron chi connectivity index (χ0n) is 14.7. The summed E-state index contributed by atoms with van der Waals surface area (Å²) in [7, 11) is 0. The van der Waals surface area contributed by atoms with Crippen LogP contribution in [0.5, 0.6) is 5.75 Å². The molecule has 138 valence electrons. The quantitative estimate of drug-likeness (QED) is 0.309. The number of nitro groups is 2. The summed E-state index contributed by atoms with van der Waals surface area (Å²) in [6, 6.07) is 0. The number of unbranched alkanes of at least 4 members (excludes halogenated alkanes) is 1. The standard InChI is InChI=1S/C16H22N2O7/c1-5-7-8-11-13(17(21)22)10(4)12(9(3)6-2)15(25-16(19)20)14(11)18(23)24/h9H,5-8H2,1-4H3,(H,19,20). The molecule has 0 heterocycles. The van der Waals surface area contributed by atoms with Crippen LogP contribution in [0.2, 0.25) is 0 Å². The van der Waals surface area contributed by atoms with Gasteiger partial charge in [-0.15, -0.1) is 0 Å². The van der Waals surface area contributed by atoms with Gasteiger partial charge in [0.05, 0.1) is 9.85 Å². The van der Waals surface area contributed by atoms with Crippen LogP contribution in [0.25, 0.3) is 0 Å². The average Bonchev–Trinajstić information content (AvgIpc) is 2.50. The summed E-state index contributed by atoms with van der Waals surface area (Å²) in [5, 5.41) is 32.3. The number of rotatable bonds is 8. The van der Waals surface area contributed by atoms with Crippen LogP contribution in [0.15, 0.2) is 0 Å². The molecular formula is C16H22N2O7. The third kappa shape index (κ3) is 4.23. The number of carboxylic acid groups (broad SMARTS) is 1. The van der Waals surface area contributed by atoms with Crippen LogP contribution in [0.3, 0.4) is 0 Å². The van der Waals surface area contributed by atoms with Gasteiger partial charge in [-0.2, -0.15) is 0 Å². The maximum atomic E-state index is 11.6. The highest BCUT2D eigenvalue weighted by Crippen LogP contribution is 2.47. The predicted octanol–water partition coefficient (Wildman–Crippen LogP) is 4.72. The van der Waals surface area contributed by atoms with Gasteiger partial charge in [0.1, 0.15) is 5.56 Å². The van der Waals surface area contributed by atoms with E-state index in [4.69, 9.17) is 9.84 Å². The van der Waals surface area contributed by atoms with Gasteiger partial charge < -0.3 is 9.84 Å². The molecule has 0 aliphatic heterocycles. The molecular weight excluding hydrogens is 332 g/mol. The summed E-state index contributed by atoms with van der Waals surface area (Å²) in [5.41, 5.74) is -0.620.